The van der Waals surface area contributed by atoms with Gasteiger partial charge in [0.25, 0.3) is 17.6 Å². The van der Waals surface area contributed by atoms with E-state index < -0.39 is 17.6 Å². The van der Waals surface area contributed by atoms with Crippen molar-refractivity contribution in [3.8, 4) is 0 Å². The number of amides is 2. The molecule has 3 N–H and O–H groups in total. The van der Waals surface area contributed by atoms with E-state index in [2.05, 4.69) is 10.6 Å². The van der Waals surface area contributed by atoms with Gasteiger partial charge in [-0.1, -0.05) is 6.92 Å². The van der Waals surface area contributed by atoms with Crippen molar-refractivity contribution >= 4 is 23.3 Å². The van der Waals surface area contributed by atoms with E-state index in [4.69, 9.17) is 0 Å². The summed E-state index contributed by atoms with van der Waals surface area (Å²) < 4.78 is 15.1. The number of aromatic nitrogens is 1. The standard InChI is InChI=1S/C24H30FN3O4/c1-5-18-20(23(31)27-16-8-11-19(25)13(2)12-16)14(3)28(4)21(18)22(30)24(32)26-15-6-9-17(29)10-7-15/h8,11-12,15,17,29H,5-7,9-10H2,1-4H3,(H,26,32)(H,27,31). The van der Waals surface area contributed by atoms with Crippen LogP contribution in [0.5, 0.6) is 0 Å². The second kappa shape index (κ2) is 9.65. The molecule has 172 valence electrons. The number of halogens is 1. The lowest BCUT2D eigenvalue weighted by Gasteiger charge is -2.25. The fourth-order valence-electron chi connectivity index (χ4n) is 4.30. The van der Waals surface area contributed by atoms with Crippen LogP contribution in [0.15, 0.2) is 18.2 Å². The number of carbonyl (C=O) groups is 3. The molecule has 8 heteroatoms. The van der Waals surface area contributed by atoms with Crippen molar-refractivity contribution in [1.82, 2.24) is 9.88 Å². The van der Waals surface area contributed by atoms with Crippen molar-refractivity contribution in [2.75, 3.05) is 5.32 Å². The number of rotatable bonds is 6. The number of carbonyl (C=O) groups excluding carboxylic acids is 3. The van der Waals surface area contributed by atoms with Gasteiger partial charge in [-0.15, -0.1) is 0 Å². The second-order valence-corrected chi connectivity index (χ2v) is 8.43. The molecule has 0 aliphatic heterocycles. The minimum atomic E-state index is -0.706. The second-order valence-electron chi connectivity index (χ2n) is 8.43. The Balaban J connectivity index is 1.85. The number of hydrogen-bond donors (Lipinski definition) is 3. The minimum absolute atomic E-state index is 0.147. The Bertz CT molecular complexity index is 1050. The van der Waals surface area contributed by atoms with Gasteiger partial charge in [-0.25, -0.2) is 4.39 Å². The zero-order valence-electron chi connectivity index (χ0n) is 18.9. The molecule has 7 nitrogen and oxygen atoms in total. The van der Waals surface area contributed by atoms with E-state index in [-0.39, 0.29) is 23.7 Å². The molecule has 1 aromatic carbocycles. The number of aliphatic hydroxyl groups excluding tert-OH is 1. The third kappa shape index (κ3) is 4.75. The van der Waals surface area contributed by atoms with Gasteiger partial charge in [-0.05, 0) is 75.3 Å². The van der Waals surface area contributed by atoms with Gasteiger partial charge in [0, 0.05) is 24.5 Å². The average molecular weight is 444 g/mol. The number of hydrogen-bond acceptors (Lipinski definition) is 4. The first kappa shape index (κ1) is 23.7. The van der Waals surface area contributed by atoms with E-state index in [0.29, 0.717) is 60.2 Å². The summed E-state index contributed by atoms with van der Waals surface area (Å²) in [4.78, 5) is 38.8. The fourth-order valence-corrected chi connectivity index (χ4v) is 4.30. The molecular weight excluding hydrogens is 413 g/mol. The molecule has 32 heavy (non-hydrogen) atoms. The van der Waals surface area contributed by atoms with Crippen molar-refractivity contribution in [1.29, 1.82) is 0 Å². The maximum absolute atomic E-state index is 13.5. The van der Waals surface area contributed by atoms with Crippen LogP contribution < -0.4 is 10.6 Å². The summed E-state index contributed by atoms with van der Waals surface area (Å²) in [5, 5.41) is 15.2. The molecule has 3 rings (SSSR count). The van der Waals surface area contributed by atoms with Crippen LogP contribution in [0.4, 0.5) is 10.1 Å². The van der Waals surface area contributed by atoms with Crippen LogP contribution in [0.25, 0.3) is 0 Å². The molecule has 0 unspecified atom stereocenters. The van der Waals surface area contributed by atoms with Crippen LogP contribution in [0, 0.1) is 19.7 Å². The lowest BCUT2D eigenvalue weighted by Crippen LogP contribution is -2.42. The average Bonchev–Trinajstić information content (AvgIpc) is 3.01. The summed E-state index contributed by atoms with van der Waals surface area (Å²) in [6, 6.07) is 4.15. The van der Waals surface area contributed by atoms with Crippen LogP contribution >= 0.6 is 0 Å². The highest BCUT2D eigenvalue weighted by molar-refractivity contribution is 6.43. The molecule has 1 aliphatic carbocycles. The summed E-state index contributed by atoms with van der Waals surface area (Å²) in [5.41, 5.74) is 2.46. The lowest BCUT2D eigenvalue weighted by molar-refractivity contribution is -0.118. The topological polar surface area (TPSA) is 100 Å². The van der Waals surface area contributed by atoms with E-state index in [1.54, 1.807) is 25.5 Å². The fraction of sp³-hybridized carbons (Fsp3) is 0.458. The highest BCUT2D eigenvalue weighted by atomic mass is 19.1. The molecule has 2 amide bonds. The number of nitrogens with zero attached hydrogens (tertiary/aromatic N) is 1. The van der Waals surface area contributed by atoms with Gasteiger partial charge in [0.05, 0.1) is 17.4 Å². The first-order valence-electron chi connectivity index (χ1n) is 10.9. The number of aliphatic hydroxyl groups is 1. The number of ketones is 1. The molecule has 1 aliphatic rings. The number of anilines is 1. The molecule has 0 bridgehead atoms. The van der Waals surface area contributed by atoms with Gasteiger partial charge in [0.15, 0.2) is 0 Å². The van der Waals surface area contributed by atoms with E-state index in [1.807, 2.05) is 6.92 Å². The molecule has 1 fully saturated rings. The van der Waals surface area contributed by atoms with Crippen molar-refractivity contribution in [2.24, 2.45) is 7.05 Å². The molecule has 1 saturated carbocycles. The highest BCUT2D eigenvalue weighted by Gasteiger charge is 2.31. The Kier molecular flexibility index (Phi) is 7.13. The lowest BCUT2D eigenvalue weighted by atomic mass is 9.93. The van der Waals surface area contributed by atoms with Gasteiger partial charge in [-0.3, -0.25) is 14.4 Å². The summed E-state index contributed by atoms with van der Waals surface area (Å²) in [5.74, 6) is -2.17. The van der Waals surface area contributed by atoms with Gasteiger partial charge in [0.2, 0.25) is 0 Å². The Labute approximate surface area is 187 Å². The largest absolute Gasteiger partial charge is 0.393 e. The van der Waals surface area contributed by atoms with E-state index in [1.165, 1.54) is 18.2 Å². The Morgan fingerprint density at radius 1 is 1.16 bits per heavy atom. The quantitative estimate of drug-likeness (QED) is 0.471. The zero-order valence-corrected chi connectivity index (χ0v) is 18.9. The van der Waals surface area contributed by atoms with Crippen molar-refractivity contribution in [3.05, 3.63) is 52.1 Å². The third-order valence-corrected chi connectivity index (χ3v) is 6.24. The van der Waals surface area contributed by atoms with Crippen molar-refractivity contribution in [3.63, 3.8) is 0 Å². The van der Waals surface area contributed by atoms with E-state index >= 15 is 0 Å². The SMILES string of the molecule is CCc1c(C(=O)Nc2ccc(F)c(C)c2)c(C)n(C)c1C(=O)C(=O)NC1CCC(O)CC1. The van der Waals surface area contributed by atoms with Gasteiger partial charge in [0.1, 0.15) is 5.82 Å². The first-order valence-corrected chi connectivity index (χ1v) is 10.9. The molecule has 0 radical (unpaired) electrons. The highest BCUT2D eigenvalue weighted by Crippen LogP contribution is 2.26. The first-order chi connectivity index (χ1) is 15.1. The summed E-state index contributed by atoms with van der Waals surface area (Å²) >= 11 is 0. The van der Waals surface area contributed by atoms with Crippen LogP contribution in [0.1, 0.15) is 70.3 Å². The Morgan fingerprint density at radius 3 is 2.41 bits per heavy atom. The molecule has 0 saturated heterocycles. The third-order valence-electron chi connectivity index (χ3n) is 6.24. The van der Waals surface area contributed by atoms with Crippen LogP contribution in [-0.4, -0.2) is 39.4 Å². The Morgan fingerprint density at radius 2 is 1.81 bits per heavy atom. The maximum Gasteiger partial charge on any atom is 0.294 e. The van der Waals surface area contributed by atoms with Crippen LogP contribution in [0.2, 0.25) is 0 Å². The monoisotopic (exact) mass is 443 g/mol. The smallest absolute Gasteiger partial charge is 0.294 e. The van der Waals surface area contributed by atoms with Gasteiger partial charge >= 0.3 is 0 Å². The molecule has 2 aromatic rings. The molecular formula is C24H30FN3O4. The molecule has 1 aromatic heterocycles. The van der Waals surface area contributed by atoms with E-state index in [9.17, 15) is 23.9 Å². The number of benzene rings is 1. The van der Waals surface area contributed by atoms with Gasteiger partial charge in [-0.2, -0.15) is 0 Å². The number of aryl methyl sites for hydroxylation is 1. The normalized spacial score (nSPS) is 18.3. The summed E-state index contributed by atoms with van der Waals surface area (Å²) in [6.07, 6.45) is 2.46. The maximum atomic E-state index is 13.5. The molecule has 0 spiro atoms. The molecule has 0 atom stereocenters. The number of Topliss-reactive ketones (excluding diaryl/α,β-unsaturated/α-hetero) is 1. The predicted molar refractivity (Wildman–Crippen MR) is 119 cm³/mol. The van der Waals surface area contributed by atoms with Crippen molar-refractivity contribution in [2.45, 2.75) is 65.0 Å². The summed E-state index contributed by atoms with van der Waals surface area (Å²) in [7, 11) is 1.66. The van der Waals surface area contributed by atoms with Crippen LogP contribution in [-0.2, 0) is 18.3 Å². The summed E-state index contributed by atoms with van der Waals surface area (Å²) in [6.45, 7) is 5.16. The zero-order chi connectivity index (χ0) is 23.6. The Hall–Kier alpha value is -3.00. The van der Waals surface area contributed by atoms with Gasteiger partial charge < -0.3 is 20.3 Å². The van der Waals surface area contributed by atoms with E-state index in [0.717, 1.165) is 0 Å². The van der Waals surface area contributed by atoms with Crippen molar-refractivity contribution < 1.29 is 23.9 Å². The van der Waals surface area contributed by atoms with Crippen LogP contribution in [0.3, 0.4) is 0 Å². The number of nitrogens with one attached hydrogen (secondary N) is 2. The minimum Gasteiger partial charge on any atom is -0.393 e. The predicted octanol–water partition coefficient (Wildman–Crippen LogP) is 3.20. The molecule has 1 heterocycles.